The molecule has 0 saturated heterocycles. The van der Waals surface area contributed by atoms with E-state index in [2.05, 4.69) is 44.9 Å². The third-order valence-electron chi connectivity index (χ3n) is 13.4. The molecule has 6 heterocycles. The maximum atomic E-state index is 12.5. The normalized spacial score (nSPS) is 19.2. The Labute approximate surface area is 435 Å². The fraction of sp³-hybridized carbons (Fsp3) is 0.250. The zero-order valence-corrected chi connectivity index (χ0v) is 41.1. The Morgan fingerprint density at radius 2 is 0.776 bits per heavy atom. The molecule has 386 valence electrons. The van der Waals surface area contributed by atoms with Crippen molar-refractivity contribution in [2.45, 2.75) is 75.7 Å². The number of carbonyl (C=O) groups excluding carboxylic acids is 2. The molecule has 3 aliphatic carbocycles. The Hall–Kier alpha value is -8.82. The Bertz CT molecular complexity index is 3420. The molecule has 20 heteroatoms. The van der Waals surface area contributed by atoms with Crippen LogP contribution in [-0.2, 0) is 0 Å². The third kappa shape index (κ3) is 12.6. The number of aromatic carboxylic acids is 1. The van der Waals surface area contributed by atoms with Crippen molar-refractivity contribution in [3.8, 4) is 33.8 Å². The summed E-state index contributed by atoms with van der Waals surface area (Å²) >= 11 is 0. The molecule has 12 N–H and O–H groups in total. The minimum Gasteiger partial charge on any atom is -0.478 e. The molecule has 3 aromatic carbocycles. The summed E-state index contributed by atoms with van der Waals surface area (Å²) in [6.45, 7) is 0. The van der Waals surface area contributed by atoms with Crippen molar-refractivity contribution >= 4 is 68.1 Å². The number of carboxylic acids is 1. The first-order chi connectivity index (χ1) is 36.6. The molecule has 0 aliphatic heterocycles. The molecule has 76 heavy (non-hydrogen) atoms. The molecule has 0 radical (unpaired) electrons. The Balaban J connectivity index is 0.000000132. The van der Waals surface area contributed by atoms with E-state index in [1.54, 1.807) is 30.3 Å². The molecule has 0 atom stereocenters. The van der Waals surface area contributed by atoms with Crippen LogP contribution >= 0.6 is 0 Å². The lowest BCUT2D eigenvalue weighted by Gasteiger charge is -2.30. The highest BCUT2D eigenvalue weighted by molar-refractivity contribution is 5.98. The number of nitrogen functional groups attached to an aromatic ring is 3. The number of carbonyl (C=O) groups is 3. The van der Waals surface area contributed by atoms with Gasteiger partial charge in [0.1, 0.15) is 35.5 Å². The number of hydrogen-bond acceptors (Lipinski definition) is 19. The van der Waals surface area contributed by atoms with E-state index < -0.39 is 5.97 Å². The number of benzene rings is 3. The molecule has 0 bridgehead atoms. The molecule has 12 rings (SSSR count). The lowest BCUT2D eigenvalue weighted by Crippen LogP contribution is -2.39. The predicted octanol–water partition coefficient (Wildman–Crippen LogP) is 6.68. The van der Waals surface area contributed by atoms with Gasteiger partial charge in [0, 0.05) is 46.7 Å². The van der Waals surface area contributed by atoms with Gasteiger partial charge < -0.3 is 43.4 Å². The first-order valence-corrected chi connectivity index (χ1v) is 24.7. The smallest absolute Gasteiger partial charge is 0.335 e. The van der Waals surface area contributed by atoms with E-state index in [1.807, 2.05) is 72.8 Å². The molecule has 3 saturated carbocycles. The summed E-state index contributed by atoms with van der Waals surface area (Å²) in [4.78, 5) is 73.6. The van der Waals surface area contributed by atoms with E-state index in [0.29, 0.717) is 104 Å². The second kappa shape index (κ2) is 23.2. The van der Waals surface area contributed by atoms with E-state index in [4.69, 9.17) is 33.1 Å². The first-order valence-electron chi connectivity index (χ1n) is 24.7. The average Bonchev–Trinajstić information content (AvgIpc) is 3.42. The monoisotopic (exact) mass is 1020 g/mol. The van der Waals surface area contributed by atoms with Crippen LogP contribution in [0.2, 0.25) is 0 Å². The minimum absolute atomic E-state index is 0.0833. The van der Waals surface area contributed by atoms with E-state index in [9.17, 15) is 24.6 Å². The largest absolute Gasteiger partial charge is 0.478 e. The van der Waals surface area contributed by atoms with Crippen LogP contribution in [0.15, 0.2) is 128 Å². The minimum atomic E-state index is -0.976. The zero-order chi connectivity index (χ0) is 53.5. The van der Waals surface area contributed by atoms with Crippen LogP contribution in [0.25, 0.3) is 66.9 Å². The van der Waals surface area contributed by atoms with Gasteiger partial charge in [-0.1, -0.05) is 48.5 Å². The fourth-order valence-electron chi connectivity index (χ4n) is 9.00. The van der Waals surface area contributed by atoms with Crippen molar-refractivity contribution in [2.75, 3.05) is 17.2 Å². The number of aliphatic hydroxyl groups is 3. The summed E-state index contributed by atoms with van der Waals surface area (Å²) in [5.74, 6) is 0.778. The van der Waals surface area contributed by atoms with E-state index >= 15 is 0 Å². The summed E-state index contributed by atoms with van der Waals surface area (Å²) in [5.41, 5.74) is 32.5. The Morgan fingerprint density at radius 1 is 0.447 bits per heavy atom. The zero-order valence-electron chi connectivity index (χ0n) is 41.1. The number of hydrogen-bond donors (Lipinski definition) is 8. The van der Waals surface area contributed by atoms with Crippen molar-refractivity contribution in [3.63, 3.8) is 0 Å². The molecule has 3 fully saturated rings. The summed E-state index contributed by atoms with van der Waals surface area (Å²) in [7, 11) is 0. The van der Waals surface area contributed by atoms with Gasteiger partial charge in [0.15, 0.2) is 29.0 Å². The van der Waals surface area contributed by atoms with Gasteiger partial charge in [-0.05, 0) is 111 Å². The summed E-state index contributed by atoms with van der Waals surface area (Å²) in [6.07, 6.45) is 9.09. The summed E-state index contributed by atoms with van der Waals surface area (Å²) in [6, 6.07) is 32.7. The van der Waals surface area contributed by atoms with Gasteiger partial charge in [-0.15, -0.1) is 0 Å². The van der Waals surface area contributed by atoms with Gasteiger partial charge in [-0.3, -0.25) is 9.59 Å². The fourth-order valence-corrected chi connectivity index (χ4v) is 9.00. The average molecular weight is 1020 g/mol. The predicted molar refractivity (Wildman–Crippen MR) is 287 cm³/mol. The molecule has 9 aromatic rings. The lowest BCUT2D eigenvalue weighted by atomic mass is 9.78. The number of aromatic nitrogens is 9. The van der Waals surface area contributed by atoms with Crippen molar-refractivity contribution in [3.05, 3.63) is 145 Å². The summed E-state index contributed by atoms with van der Waals surface area (Å²) < 4.78 is 0. The standard InChI is InChI=1S/2C19H18N4O2.C14H10N4O2.C4H9NO/c2*20-19-18-16(21-10-22-19)5-4-15(23-18)12-2-1-3-13(9-12)17(25)8-11-6-14(24)7-11;15-13-12-11(16-7-17-13)5-4-10(18-12)8-2-1-3-9(6-8)14(19)20;5-3-1-4(6)2-3/h2*1-5,9-11,14,24H,6-8H2,(H2,20,21,22);1-7H,(H,19,20)(H2,15,16,17);3-4,6H,1-2,5H2. The molecule has 20 nitrogen and oxygen atoms in total. The van der Waals surface area contributed by atoms with Crippen molar-refractivity contribution in [1.82, 2.24) is 44.9 Å². The number of nitrogens with two attached hydrogens (primary N) is 4. The number of Topliss-reactive ketones (excluding diaryl/α,β-unsaturated/α-hetero) is 2. The number of carboxylic acid groups (broad SMARTS) is 1. The molecule has 0 unspecified atom stereocenters. The molecule has 6 aromatic heterocycles. The highest BCUT2D eigenvalue weighted by atomic mass is 16.4. The summed E-state index contributed by atoms with van der Waals surface area (Å²) in [5, 5.41) is 36.3. The van der Waals surface area contributed by atoms with Crippen molar-refractivity contribution in [2.24, 2.45) is 17.6 Å². The molecule has 0 spiro atoms. The van der Waals surface area contributed by atoms with E-state index in [1.165, 1.54) is 25.0 Å². The van der Waals surface area contributed by atoms with Crippen LogP contribution in [0, 0.1) is 11.8 Å². The number of aliphatic hydroxyl groups excluding tert-OH is 3. The van der Waals surface area contributed by atoms with Gasteiger partial charge in [-0.2, -0.15) is 0 Å². The van der Waals surface area contributed by atoms with E-state index in [0.717, 1.165) is 61.0 Å². The highest BCUT2D eigenvalue weighted by Gasteiger charge is 2.30. The maximum absolute atomic E-state index is 12.5. The Morgan fingerprint density at radius 3 is 1.08 bits per heavy atom. The number of rotatable bonds is 10. The van der Waals surface area contributed by atoms with Gasteiger partial charge in [0.2, 0.25) is 0 Å². The van der Waals surface area contributed by atoms with Crippen LogP contribution in [0.3, 0.4) is 0 Å². The van der Waals surface area contributed by atoms with Crippen molar-refractivity contribution < 1.29 is 34.8 Å². The van der Waals surface area contributed by atoms with Crippen LogP contribution in [0.4, 0.5) is 17.5 Å². The van der Waals surface area contributed by atoms with Crippen molar-refractivity contribution in [1.29, 1.82) is 0 Å². The number of fused-ring (bicyclic) bond motifs is 3. The number of nitrogens with zero attached hydrogens (tertiary/aromatic N) is 9. The van der Waals surface area contributed by atoms with Gasteiger partial charge in [0.25, 0.3) is 0 Å². The number of anilines is 3. The third-order valence-corrected chi connectivity index (χ3v) is 13.4. The number of pyridine rings is 3. The van der Waals surface area contributed by atoms with Gasteiger partial charge in [0.05, 0.1) is 57.5 Å². The SMILES string of the molecule is NC1CC(O)C1.Nc1ncnc2ccc(-c3cccc(C(=O)CC4CC(O)C4)c3)nc12.Nc1ncnc2ccc(-c3cccc(C(=O)CC4CC(O)C4)c3)nc12.Nc1ncnc2ccc(-c3cccc(C(=O)O)c3)nc12. The topological polar surface area (TPSA) is 352 Å². The first kappa shape index (κ1) is 52.1. The van der Waals surface area contributed by atoms with Crippen LogP contribution in [0.1, 0.15) is 82.4 Å². The van der Waals surface area contributed by atoms with Gasteiger partial charge >= 0.3 is 5.97 Å². The molecular weight excluding hydrogens is 967 g/mol. The van der Waals surface area contributed by atoms with Crippen LogP contribution in [0.5, 0.6) is 0 Å². The van der Waals surface area contributed by atoms with Crippen LogP contribution < -0.4 is 22.9 Å². The second-order valence-corrected chi connectivity index (χ2v) is 19.1. The lowest BCUT2D eigenvalue weighted by molar-refractivity contribution is 0.0374. The second-order valence-electron chi connectivity index (χ2n) is 19.1. The molecule has 3 aliphatic rings. The quantitative estimate of drug-likeness (QED) is 0.0662. The van der Waals surface area contributed by atoms with Gasteiger partial charge in [-0.25, -0.2) is 49.7 Å². The molecular formula is C56H55N13O7. The maximum Gasteiger partial charge on any atom is 0.335 e. The number of ketones is 2. The molecule has 0 amide bonds. The van der Waals surface area contributed by atoms with E-state index in [-0.39, 0.29) is 35.4 Å². The highest BCUT2D eigenvalue weighted by Crippen LogP contribution is 2.34. The Kier molecular flexibility index (Phi) is 15.9. The van der Waals surface area contributed by atoms with Crippen LogP contribution in [-0.4, -0.2) is 107 Å².